The Balaban J connectivity index is 1.83. The molecule has 1 N–H and O–H groups in total. The molecule has 0 spiro atoms. The summed E-state index contributed by atoms with van der Waals surface area (Å²) in [6, 6.07) is 6.48. The first-order chi connectivity index (χ1) is 11.9. The van der Waals surface area contributed by atoms with E-state index in [-0.39, 0.29) is 5.88 Å². The molecule has 0 fully saturated rings. The molecule has 0 saturated carbocycles. The van der Waals surface area contributed by atoms with Gasteiger partial charge in [-0.25, -0.2) is 19.9 Å². The Morgan fingerprint density at radius 1 is 1.12 bits per heavy atom. The van der Waals surface area contributed by atoms with Crippen LogP contribution < -0.4 is 10.1 Å². The third kappa shape index (κ3) is 4.24. The highest BCUT2D eigenvalue weighted by Gasteiger charge is 2.24. The fourth-order valence-electron chi connectivity index (χ4n) is 2.15. The van der Waals surface area contributed by atoms with Gasteiger partial charge in [0, 0.05) is 23.8 Å². The Bertz CT molecular complexity index is 842. The summed E-state index contributed by atoms with van der Waals surface area (Å²) in [5, 5.41) is 5.82. The number of halogens is 2. The number of anilines is 1. The molecule has 130 valence electrons. The molecule has 3 heterocycles. The minimum Gasteiger partial charge on any atom is -0.417 e. The number of nitrogens with zero attached hydrogens (tertiary/aromatic N) is 4. The first-order valence-electron chi connectivity index (χ1n) is 7.37. The topological polar surface area (TPSA) is 72.8 Å². The van der Waals surface area contributed by atoms with Crippen molar-refractivity contribution < 1.29 is 13.5 Å². The lowest BCUT2D eigenvalue weighted by atomic mass is 10.0. The van der Waals surface area contributed by atoms with Gasteiger partial charge in [0.05, 0.1) is 11.2 Å². The van der Waals surface area contributed by atoms with Gasteiger partial charge in [0.1, 0.15) is 10.7 Å². The fourth-order valence-corrected chi connectivity index (χ4v) is 2.76. The van der Waals surface area contributed by atoms with E-state index in [1.54, 1.807) is 30.6 Å². The number of nitrogens with one attached hydrogen (secondary N) is 1. The summed E-state index contributed by atoms with van der Waals surface area (Å²) in [6.45, 7) is 0.777. The van der Waals surface area contributed by atoms with Crippen molar-refractivity contribution in [1.29, 1.82) is 0 Å². The third-order valence-electron chi connectivity index (χ3n) is 3.31. The van der Waals surface area contributed by atoms with Crippen LogP contribution in [0.5, 0.6) is 5.88 Å². The largest absolute Gasteiger partial charge is 0.417 e. The van der Waals surface area contributed by atoms with Crippen LogP contribution in [0.4, 0.5) is 14.7 Å². The van der Waals surface area contributed by atoms with Crippen molar-refractivity contribution in [2.45, 2.75) is 26.0 Å². The van der Waals surface area contributed by atoms with Gasteiger partial charge >= 0.3 is 6.61 Å². The van der Waals surface area contributed by atoms with Gasteiger partial charge in [-0.2, -0.15) is 8.78 Å². The van der Waals surface area contributed by atoms with Crippen LogP contribution in [0.3, 0.4) is 0 Å². The molecule has 0 bridgehead atoms. The number of rotatable bonds is 6. The van der Waals surface area contributed by atoms with Crippen LogP contribution in [0.1, 0.15) is 19.5 Å². The van der Waals surface area contributed by atoms with Gasteiger partial charge in [0.15, 0.2) is 0 Å². The van der Waals surface area contributed by atoms with Crippen molar-refractivity contribution >= 4 is 17.3 Å². The molecule has 0 unspecified atom stereocenters. The van der Waals surface area contributed by atoms with Crippen LogP contribution >= 0.6 is 11.3 Å². The second-order valence-corrected chi connectivity index (χ2v) is 6.49. The molecule has 3 aromatic heterocycles. The minimum atomic E-state index is -2.92. The first kappa shape index (κ1) is 17.2. The Kier molecular flexibility index (Phi) is 4.84. The first-order valence-corrected chi connectivity index (χ1v) is 8.25. The van der Waals surface area contributed by atoms with Gasteiger partial charge < -0.3 is 10.1 Å². The summed E-state index contributed by atoms with van der Waals surface area (Å²) >= 11 is 1.48. The second-order valence-electron chi connectivity index (χ2n) is 5.59. The second kappa shape index (κ2) is 7.06. The molecule has 0 atom stereocenters. The summed E-state index contributed by atoms with van der Waals surface area (Å²) in [5.41, 5.74) is 0.517. The average Bonchev–Trinajstić information content (AvgIpc) is 3.09. The number of alkyl halides is 2. The normalized spacial score (nSPS) is 11.6. The predicted octanol–water partition coefficient (Wildman–Crippen LogP) is 3.94. The summed E-state index contributed by atoms with van der Waals surface area (Å²) in [4.78, 5) is 17.0. The summed E-state index contributed by atoms with van der Waals surface area (Å²) in [6.07, 6.45) is 3.34. The Hall–Kier alpha value is -2.68. The maximum atomic E-state index is 12.4. The van der Waals surface area contributed by atoms with Crippen molar-refractivity contribution in [1.82, 2.24) is 19.9 Å². The molecule has 0 radical (unpaired) electrons. The maximum absolute atomic E-state index is 12.4. The number of aromatic nitrogens is 4. The van der Waals surface area contributed by atoms with Gasteiger partial charge in [0.2, 0.25) is 11.8 Å². The zero-order valence-corrected chi connectivity index (χ0v) is 14.3. The summed E-state index contributed by atoms with van der Waals surface area (Å²) < 4.78 is 29.1. The van der Waals surface area contributed by atoms with Gasteiger partial charge in [-0.3, -0.25) is 0 Å². The quantitative estimate of drug-likeness (QED) is 0.715. The van der Waals surface area contributed by atoms with E-state index in [1.165, 1.54) is 17.4 Å². The molecule has 0 aliphatic rings. The summed E-state index contributed by atoms with van der Waals surface area (Å²) in [7, 11) is 0. The van der Waals surface area contributed by atoms with Crippen LogP contribution in [-0.2, 0) is 5.54 Å². The van der Waals surface area contributed by atoms with E-state index in [0.29, 0.717) is 17.3 Å². The van der Waals surface area contributed by atoms with E-state index in [2.05, 4.69) is 30.0 Å². The van der Waals surface area contributed by atoms with Crippen LogP contribution in [0.2, 0.25) is 0 Å². The molecule has 9 heteroatoms. The van der Waals surface area contributed by atoms with Gasteiger partial charge in [-0.15, -0.1) is 11.3 Å². The molecule has 6 nitrogen and oxygen atoms in total. The van der Waals surface area contributed by atoms with E-state index >= 15 is 0 Å². The molecule has 0 aliphatic carbocycles. The molecule has 0 amide bonds. The smallest absolute Gasteiger partial charge is 0.388 e. The molecule has 25 heavy (non-hydrogen) atoms. The van der Waals surface area contributed by atoms with E-state index in [9.17, 15) is 8.78 Å². The number of ether oxygens (including phenoxy) is 1. The monoisotopic (exact) mass is 363 g/mol. The van der Waals surface area contributed by atoms with E-state index in [4.69, 9.17) is 0 Å². The molecular weight excluding hydrogens is 348 g/mol. The zero-order chi connectivity index (χ0) is 17.9. The molecular formula is C16H15F2N5OS. The minimum absolute atomic E-state index is 0.139. The third-order valence-corrected chi connectivity index (χ3v) is 4.10. The van der Waals surface area contributed by atoms with Gasteiger partial charge in [0.25, 0.3) is 0 Å². The molecule has 0 saturated heterocycles. The van der Waals surface area contributed by atoms with Crippen LogP contribution in [0.25, 0.3) is 10.7 Å². The van der Waals surface area contributed by atoms with Crippen LogP contribution in [0.15, 0.2) is 42.0 Å². The van der Waals surface area contributed by atoms with E-state index in [1.807, 2.05) is 19.2 Å². The lowest BCUT2D eigenvalue weighted by Gasteiger charge is -2.26. The lowest BCUT2D eigenvalue weighted by molar-refractivity contribution is -0.0530. The SMILES string of the molecule is CC(C)(Nc1nccc(-c2nccs2)n1)c1cccc(OC(F)F)n1. The number of thiazole rings is 1. The number of pyridine rings is 1. The van der Waals surface area contributed by atoms with Crippen molar-refractivity contribution in [3.05, 3.63) is 47.7 Å². The highest BCUT2D eigenvalue weighted by molar-refractivity contribution is 7.13. The lowest BCUT2D eigenvalue weighted by Crippen LogP contribution is -2.30. The zero-order valence-electron chi connectivity index (χ0n) is 13.5. The molecule has 0 aromatic carbocycles. The highest BCUT2D eigenvalue weighted by Crippen LogP contribution is 2.26. The maximum Gasteiger partial charge on any atom is 0.388 e. The van der Waals surface area contributed by atoms with Gasteiger partial charge in [-0.1, -0.05) is 6.07 Å². The van der Waals surface area contributed by atoms with Crippen molar-refractivity contribution in [3.8, 4) is 16.6 Å². The average molecular weight is 363 g/mol. The van der Waals surface area contributed by atoms with Crippen molar-refractivity contribution in [2.75, 3.05) is 5.32 Å². The fraction of sp³-hybridized carbons (Fsp3) is 0.250. The predicted molar refractivity (Wildman–Crippen MR) is 90.7 cm³/mol. The highest BCUT2D eigenvalue weighted by atomic mass is 32.1. The van der Waals surface area contributed by atoms with Crippen LogP contribution in [0, 0.1) is 0 Å². The Morgan fingerprint density at radius 2 is 1.96 bits per heavy atom. The van der Waals surface area contributed by atoms with E-state index in [0.717, 1.165) is 5.01 Å². The Labute approximate surface area is 147 Å². The standard InChI is InChI=1S/C16H15F2N5OS/c1-16(2,11-4-3-5-12(22-11)24-14(17)18)23-15-20-7-6-10(21-15)13-19-8-9-25-13/h3-9,14H,1-2H3,(H,20,21,23). The summed E-state index contributed by atoms with van der Waals surface area (Å²) in [5.74, 6) is 0.250. The van der Waals surface area contributed by atoms with Crippen molar-refractivity contribution in [3.63, 3.8) is 0 Å². The molecule has 3 aromatic rings. The molecule has 3 rings (SSSR count). The Morgan fingerprint density at radius 3 is 2.68 bits per heavy atom. The number of hydrogen-bond donors (Lipinski definition) is 1. The van der Waals surface area contributed by atoms with Crippen LogP contribution in [-0.4, -0.2) is 26.5 Å². The van der Waals surface area contributed by atoms with Crippen molar-refractivity contribution in [2.24, 2.45) is 0 Å². The van der Waals surface area contributed by atoms with Gasteiger partial charge in [-0.05, 0) is 26.0 Å². The number of hydrogen-bond acceptors (Lipinski definition) is 7. The molecule has 0 aliphatic heterocycles. The van der Waals surface area contributed by atoms with E-state index < -0.39 is 12.2 Å².